The number of aromatic nitrogens is 2. The Hall–Kier alpha value is -2.83. The number of aryl methyl sites for hydroxylation is 1. The molecule has 2 aliphatic rings. The molecule has 0 saturated heterocycles. The van der Waals surface area contributed by atoms with Crippen LogP contribution in [0.3, 0.4) is 0 Å². The third kappa shape index (κ3) is 2.97. The van der Waals surface area contributed by atoms with Gasteiger partial charge in [-0.2, -0.15) is 5.10 Å². The van der Waals surface area contributed by atoms with Crippen molar-refractivity contribution in [3.05, 3.63) is 51.4 Å². The Morgan fingerprint density at radius 2 is 2.17 bits per heavy atom. The number of nitrogens with zero attached hydrogens (tertiary/aromatic N) is 1. The molecule has 1 aromatic carbocycles. The number of carbonyl (C=O) groups is 1. The lowest BCUT2D eigenvalue weighted by Crippen LogP contribution is -2.40. The number of benzene rings is 1. The summed E-state index contributed by atoms with van der Waals surface area (Å²) in [5.74, 6) is 1.35. The molecular weight excluding hydrogens is 310 g/mol. The largest absolute Gasteiger partial charge is 0.454 e. The summed E-state index contributed by atoms with van der Waals surface area (Å²) in [6, 6.07) is 7.12. The number of hydrogen-bond donors (Lipinski definition) is 2. The summed E-state index contributed by atoms with van der Waals surface area (Å²) in [6.45, 7) is 0.222. The highest BCUT2D eigenvalue weighted by atomic mass is 16.7. The summed E-state index contributed by atoms with van der Waals surface area (Å²) in [5.41, 5.74) is 2.50. The number of aromatic amines is 1. The lowest BCUT2D eigenvalue weighted by molar-refractivity contribution is -0.121. The zero-order chi connectivity index (χ0) is 16.5. The molecule has 1 aromatic heterocycles. The first-order chi connectivity index (χ1) is 11.7. The Bertz CT molecular complexity index is 846. The van der Waals surface area contributed by atoms with Gasteiger partial charge in [0.15, 0.2) is 11.5 Å². The second-order valence-electron chi connectivity index (χ2n) is 6.08. The van der Waals surface area contributed by atoms with Gasteiger partial charge in [0.2, 0.25) is 12.7 Å². The van der Waals surface area contributed by atoms with E-state index in [0.717, 1.165) is 29.7 Å². The minimum absolute atomic E-state index is 0.0302. The van der Waals surface area contributed by atoms with Crippen LogP contribution in [0.1, 0.15) is 23.2 Å². The Kier molecular flexibility index (Phi) is 3.68. The zero-order valence-electron chi connectivity index (χ0n) is 13.0. The van der Waals surface area contributed by atoms with E-state index >= 15 is 0 Å². The molecule has 0 fully saturated rings. The summed E-state index contributed by atoms with van der Waals surface area (Å²) in [6.07, 6.45) is 2.49. The van der Waals surface area contributed by atoms with E-state index in [9.17, 15) is 9.59 Å². The quantitative estimate of drug-likeness (QED) is 0.866. The van der Waals surface area contributed by atoms with Crippen LogP contribution < -0.4 is 20.3 Å². The molecule has 0 bridgehead atoms. The number of amides is 1. The fraction of sp³-hybridized carbons (Fsp3) is 0.353. The predicted molar refractivity (Wildman–Crippen MR) is 85.1 cm³/mol. The summed E-state index contributed by atoms with van der Waals surface area (Å²) in [4.78, 5) is 23.7. The molecule has 4 rings (SSSR count). The molecule has 0 saturated carbocycles. The van der Waals surface area contributed by atoms with E-state index < -0.39 is 0 Å². The van der Waals surface area contributed by atoms with Crippen molar-refractivity contribution in [2.24, 2.45) is 0 Å². The van der Waals surface area contributed by atoms with Gasteiger partial charge in [-0.15, -0.1) is 0 Å². The molecular formula is C17H17N3O4. The number of fused-ring (bicyclic) bond motifs is 2. The summed E-state index contributed by atoms with van der Waals surface area (Å²) in [5, 5.41) is 9.55. The highest BCUT2D eigenvalue weighted by molar-refractivity contribution is 5.79. The molecule has 124 valence electrons. The van der Waals surface area contributed by atoms with E-state index in [-0.39, 0.29) is 30.7 Å². The molecule has 0 radical (unpaired) electrons. The number of ether oxygens (including phenoxy) is 2. The van der Waals surface area contributed by atoms with Gasteiger partial charge in [-0.3, -0.25) is 9.59 Å². The van der Waals surface area contributed by atoms with Crippen LogP contribution in [0.2, 0.25) is 0 Å². The van der Waals surface area contributed by atoms with Crippen molar-refractivity contribution in [3.8, 4) is 11.5 Å². The van der Waals surface area contributed by atoms with Gasteiger partial charge in [0, 0.05) is 12.1 Å². The van der Waals surface area contributed by atoms with Crippen molar-refractivity contribution >= 4 is 5.91 Å². The Balaban J connectivity index is 1.39. The fourth-order valence-corrected chi connectivity index (χ4v) is 3.18. The van der Waals surface area contributed by atoms with Gasteiger partial charge >= 0.3 is 0 Å². The maximum atomic E-state index is 12.3. The lowest BCUT2D eigenvalue weighted by atomic mass is 9.92. The fourth-order valence-electron chi connectivity index (χ4n) is 3.18. The van der Waals surface area contributed by atoms with E-state index in [4.69, 9.17) is 9.47 Å². The normalized spacial score (nSPS) is 18.1. The Morgan fingerprint density at radius 3 is 3.08 bits per heavy atom. The van der Waals surface area contributed by atoms with E-state index in [2.05, 4.69) is 15.5 Å². The molecule has 7 heteroatoms. The van der Waals surface area contributed by atoms with Crippen molar-refractivity contribution in [1.82, 2.24) is 15.5 Å². The molecule has 0 unspecified atom stereocenters. The van der Waals surface area contributed by atoms with Gasteiger partial charge in [0.1, 0.15) is 0 Å². The van der Waals surface area contributed by atoms with Crippen molar-refractivity contribution < 1.29 is 14.3 Å². The maximum absolute atomic E-state index is 12.3. The monoisotopic (exact) mass is 327 g/mol. The second kappa shape index (κ2) is 5.99. The van der Waals surface area contributed by atoms with Crippen molar-refractivity contribution in [1.29, 1.82) is 0 Å². The Labute approximate surface area is 138 Å². The number of H-pyrrole nitrogens is 1. The lowest BCUT2D eigenvalue weighted by Gasteiger charge is -2.24. The number of rotatable bonds is 3. The number of nitrogens with one attached hydrogen (secondary N) is 2. The molecule has 1 aliphatic carbocycles. The maximum Gasteiger partial charge on any atom is 0.264 e. The average Bonchev–Trinajstić information content (AvgIpc) is 3.02. The topological polar surface area (TPSA) is 93.3 Å². The summed E-state index contributed by atoms with van der Waals surface area (Å²) in [7, 11) is 0. The van der Waals surface area contributed by atoms with Crippen molar-refractivity contribution in [2.45, 2.75) is 31.7 Å². The molecule has 2 N–H and O–H groups in total. The highest BCUT2D eigenvalue weighted by Gasteiger charge is 2.22. The van der Waals surface area contributed by atoms with E-state index in [1.165, 1.54) is 0 Å². The molecule has 2 heterocycles. The Morgan fingerprint density at radius 1 is 1.29 bits per heavy atom. The third-order valence-electron chi connectivity index (χ3n) is 4.34. The molecule has 1 aliphatic heterocycles. The van der Waals surface area contributed by atoms with Crippen LogP contribution in [-0.4, -0.2) is 28.9 Å². The van der Waals surface area contributed by atoms with E-state index in [0.29, 0.717) is 17.9 Å². The first-order valence-electron chi connectivity index (χ1n) is 7.93. The van der Waals surface area contributed by atoms with Crippen LogP contribution in [0.4, 0.5) is 0 Å². The summed E-state index contributed by atoms with van der Waals surface area (Å²) < 4.78 is 10.6. The van der Waals surface area contributed by atoms with Crippen LogP contribution in [0, 0.1) is 0 Å². The van der Waals surface area contributed by atoms with Crippen LogP contribution in [0.25, 0.3) is 0 Å². The van der Waals surface area contributed by atoms with Crippen LogP contribution >= 0.6 is 0 Å². The molecule has 1 amide bonds. The van der Waals surface area contributed by atoms with E-state index in [1.807, 2.05) is 18.2 Å². The minimum atomic E-state index is -0.207. The molecule has 24 heavy (non-hydrogen) atoms. The van der Waals surface area contributed by atoms with Gasteiger partial charge < -0.3 is 14.8 Å². The molecule has 0 spiro atoms. The van der Waals surface area contributed by atoms with Crippen LogP contribution in [0.5, 0.6) is 11.5 Å². The number of hydrogen-bond acceptors (Lipinski definition) is 5. The van der Waals surface area contributed by atoms with Gasteiger partial charge in [-0.25, -0.2) is 5.10 Å². The van der Waals surface area contributed by atoms with Gasteiger partial charge in [-0.1, -0.05) is 6.07 Å². The standard InChI is InChI=1S/C17H17N3O4/c21-16(6-10-1-4-14-15(5-10)24-9-23-14)18-12-2-3-13-11(7-12)8-17(22)20-19-13/h1,4-5,8,12H,2-3,6-7,9H2,(H,18,21)(H,20,22)/t12-/m0/s1. The highest BCUT2D eigenvalue weighted by Crippen LogP contribution is 2.32. The second-order valence-corrected chi connectivity index (χ2v) is 6.08. The third-order valence-corrected chi connectivity index (χ3v) is 4.34. The van der Waals surface area contributed by atoms with Gasteiger partial charge in [-0.05, 0) is 42.5 Å². The van der Waals surface area contributed by atoms with Crippen LogP contribution in [0.15, 0.2) is 29.1 Å². The van der Waals surface area contributed by atoms with Crippen LogP contribution in [-0.2, 0) is 24.1 Å². The number of carbonyl (C=O) groups excluding carboxylic acids is 1. The molecule has 1 atom stereocenters. The average molecular weight is 327 g/mol. The van der Waals surface area contributed by atoms with Gasteiger partial charge in [0.25, 0.3) is 5.56 Å². The molecule has 7 nitrogen and oxygen atoms in total. The first-order valence-corrected chi connectivity index (χ1v) is 7.93. The zero-order valence-corrected chi connectivity index (χ0v) is 13.0. The summed E-state index contributed by atoms with van der Waals surface area (Å²) >= 11 is 0. The minimum Gasteiger partial charge on any atom is -0.454 e. The molecule has 2 aromatic rings. The van der Waals surface area contributed by atoms with E-state index in [1.54, 1.807) is 6.07 Å². The van der Waals surface area contributed by atoms with Crippen molar-refractivity contribution in [3.63, 3.8) is 0 Å². The predicted octanol–water partition coefficient (Wildman–Crippen LogP) is 0.715. The van der Waals surface area contributed by atoms with Crippen molar-refractivity contribution in [2.75, 3.05) is 6.79 Å². The first kappa shape index (κ1) is 14.7. The van der Waals surface area contributed by atoms with Gasteiger partial charge in [0.05, 0.1) is 12.1 Å². The smallest absolute Gasteiger partial charge is 0.264 e. The SMILES string of the molecule is O=C(Cc1ccc2c(c1)OCO2)N[C@H]1CCc2n[nH]c(=O)cc2C1.